The third-order valence-corrected chi connectivity index (χ3v) is 4.90. The van der Waals surface area contributed by atoms with Gasteiger partial charge in [-0.3, -0.25) is 4.72 Å². The number of rotatable bonds is 4. The number of sulfonamides is 1. The van der Waals surface area contributed by atoms with Crippen molar-refractivity contribution in [3.05, 3.63) is 53.1 Å². The molecule has 4 nitrogen and oxygen atoms in total. The fourth-order valence-corrected chi connectivity index (χ4v) is 3.37. The maximum absolute atomic E-state index is 12.9. The van der Waals surface area contributed by atoms with E-state index < -0.39 is 39.2 Å². The molecule has 148 valence electrons. The molecular formula is C16H13F6NO3S. The van der Waals surface area contributed by atoms with E-state index in [2.05, 4.69) is 0 Å². The van der Waals surface area contributed by atoms with E-state index in [1.165, 1.54) is 26.2 Å². The number of halogens is 6. The summed E-state index contributed by atoms with van der Waals surface area (Å²) in [4.78, 5) is -0.341. The molecule has 0 aliphatic rings. The molecule has 0 heterocycles. The molecule has 0 aliphatic carbocycles. The number of ether oxygens (including phenoxy) is 1. The second-order valence-corrected chi connectivity index (χ2v) is 7.21. The average Bonchev–Trinajstić information content (AvgIpc) is 2.52. The topological polar surface area (TPSA) is 55.4 Å². The third-order valence-electron chi connectivity index (χ3n) is 3.52. The second kappa shape index (κ2) is 6.95. The van der Waals surface area contributed by atoms with Gasteiger partial charge >= 0.3 is 12.4 Å². The number of hydrogen-bond donors (Lipinski definition) is 1. The number of nitrogens with one attached hydrogen (secondary N) is 1. The number of methoxy groups -OCH3 is 1. The van der Waals surface area contributed by atoms with Gasteiger partial charge in [-0.2, -0.15) is 26.3 Å². The van der Waals surface area contributed by atoms with Crippen LogP contribution in [0.4, 0.5) is 32.0 Å². The van der Waals surface area contributed by atoms with Gasteiger partial charge in [-0.1, -0.05) is 0 Å². The van der Waals surface area contributed by atoms with E-state index in [0.717, 1.165) is 6.07 Å². The lowest BCUT2D eigenvalue weighted by Gasteiger charge is -2.16. The third kappa shape index (κ3) is 4.85. The molecule has 27 heavy (non-hydrogen) atoms. The Bertz CT molecular complexity index is 919. The highest BCUT2D eigenvalue weighted by atomic mass is 32.2. The Kier molecular flexibility index (Phi) is 5.37. The van der Waals surface area contributed by atoms with E-state index >= 15 is 0 Å². The smallest absolute Gasteiger partial charge is 0.416 e. The summed E-state index contributed by atoms with van der Waals surface area (Å²) in [5, 5.41) is 0. The highest BCUT2D eigenvalue weighted by Crippen LogP contribution is 2.38. The molecule has 0 unspecified atom stereocenters. The van der Waals surface area contributed by atoms with Crippen molar-refractivity contribution in [2.24, 2.45) is 0 Å². The van der Waals surface area contributed by atoms with E-state index in [1.54, 1.807) is 4.72 Å². The minimum atomic E-state index is -5.09. The fraction of sp³-hybridized carbons (Fsp3) is 0.250. The molecule has 1 N–H and O–H groups in total. The van der Waals surface area contributed by atoms with E-state index in [9.17, 15) is 34.8 Å². The second-order valence-electron chi connectivity index (χ2n) is 5.53. The van der Waals surface area contributed by atoms with Crippen molar-refractivity contribution in [3.63, 3.8) is 0 Å². The molecule has 2 aromatic rings. The van der Waals surface area contributed by atoms with Crippen LogP contribution in [0.3, 0.4) is 0 Å². The van der Waals surface area contributed by atoms with E-state index in [0.29, 0.717) is 23.4 Å². The van der Waals surface area contributed by atoms with Gasteiger partial charge in [-0.25, -0.2) is 8.42 Å². The van der Waals surface area contributed by atoms with Crippen molar-refractivity contribution < 1.29 is 39.5 Å². The summed E-state index contributed by atoms with van der Waals surface area (Å²) in [6, 6.07) is 4.12. The van der Waals surface area contributed by atoms with Gasteiger partial charge in [0.05, 0.1) is 28.8 Å². The minimum absolute atomic E-state index is 0.0880. The standard InChI is InChI=1S/C16H13F6NO3S/c1-9-5-13(3-4-14(9)26-2)27(24,25)23-12-7-10(15(17,18)19)6-11(8-12)16(20,21)22/h3-8,23H,1-2H3. The van der Waals surface area contributed by atoms with Gasteiger partial charge in [0, 0.05) is 0 Å². The van der Waals surface area contributed by atoms with Crippen LogP contribution < -0.4 is 9.46 Å². The highest BCUT2D eigenvalue weighted by Gasteiger charge is 2.37. The molecule has 0 aromatic heterocycles. The number of alkyl halides is 6. The van der Waals surface area contributed by atoms with Crippen LogP contribution in [0.1, 0.15) is 16.7 Å². The highest BCUT2D eigenvalue weighted by molar-refractivity contribution is 7.92. The Morgan fingerprint density at radius 3 is 1.81 bits per heavy atom. The Hall–Kier alpha value is -2.43. The first-order valence-corrected chi connectivity index (χ1v) is 8.69. The molecule has 0 radical (unpaired) electrons. The van der Waals surface area contributed by atoms with Crippen LogP contribution in [0, 0.1) is 6.92 Å². The van der Waals surface area contributed by atoms with Crippen LogP contribution in [-0.4, -0.2) is 15.5 Å². The number of aryl methyl sites for hydroxylation is 1. The maximum atomic E-state index is 12.9. The van der Waals surface area contributed by atoms with Crippen molar-refractivity contribution in [2.75, 3.05) is 11.8 Å². The molecule has 0 aliphatic heterocycles. The molecule has 0 amide bonds. The largest absolute Gasteiger partial charge is 0.496 e. The quantitative estimate of drug-likeness (QED) is 0.730. The summed E-state index contributed by atoms with van der Waals surface area (Å²) in [7, 11) is -3.07. The molecule has 11 heteroatoms. The van der Waals surface area contributed by atoms with Crippen molar-refractivity contribution in [2.45, 2.75) is 24.2 Å². The summed E-state index contributed by atoms with van der Waals surface area (Å²) in [5.41, 5.74) is -3.69. The van der Waals surface area contributed by atoms with E-state index in [-0.39, 0.29) is 11.0 Å². The Morgan fingerprint density at radius 2 is 1.41 bits per heavy atom. The zero-order chi connectivity index (χ0) is 20.6. The summed E-state index contributed by atoms with van der Waals surface area (Å²) in [5.74, 6) is 0.368. The van der Waals surface area contributed by atoms with Gasteiger partial charge in [0.2, 0.25) is 0 Å². The molecule has 2 aromatic carbocycles. The van der Waals surface area contributed by atoms with Gasteiger partial charge < -0.3 is 4.74 Å². The monoisotopic (exact) mass is 413 g/mol. The van der Waals surface area contributed by atoms with Crippen molar-refractivity contribution in [1.82, 2.24) is 0 Å². The minimum Gasteiger partial charge on any atom is -0.496 e. The van der Waals surface area contributed by atoms with Gasteiger partial charge in [0.25, 0.3) is 10.0 Å². The lowest BCUT2D eigenvalue weighted by Crippen LogP contribution is -2.16. The fourth-order valence-electron chi connectivity index (χ4n) is 2.25. The summed E-state index contributed by atoms with van der Waals surface area (Å²) < 4.78 is 109. The molecule has 0 saturated carbocycles. The molecular weight excluding hydrogens is 400 g/mol. The predicted octanol–water partition coefficient (Wildman–Crippen LogP) is 4.84. The molecule has 2 rings (SSSR count). The van der Waals surface area contributed by atoms with E-state index in [1.807, 2.05) is 0 Å². The Balaban J connectivity index is 2.50. The molecule has 0 fully saturated rings. The van der Waals surface area contributed by atoms with Gasteiger partial charge in [0.15, 0.2) is 0 Å². The van der Waals surface area contributed by atoms with Gasteiger partial charge in [-0.05, 0) is 48.9 Å². The zero-order valence-electron chi connectivity index (χ0n) is 13.9. The average molecular weight is 413 g/mol. The first-order valence-electron chi connectivity index (χ1n) is 7.21. The Morgan fingerprint density at radius 1 is 0.889 bits per heavy atom. The van der Waals surface area contributed by atoms with Crippen LogP contribution in [0.15, 0.2) is 41.3 Å². The van der Waals surface area contributed by atoms with Crippen LogP contribution >= 0.6 is 0 Å². The molecule has 0 saturated heterocycles. The lowest BCUT2D eigenvalue weighted by molar-refractivity contribution is -0.143. The molecule has 0 atom stereocenters. The van der Waals surface area contributed by atoms with Crippen molar-refractivity contribution in [1.29, 1.82) is 0 Å². The van der Waals surface area contributed by atoms with Gasteiger partial charge in [-0.15, -0.1) is 0 Å². The summed E-state index contributed by atoms with van der Waals surface area (Å²) in [6.07, 6.45) is -10.2. The van der Waals surface area contributed by atoms with Crippen LogP contribution in [0.5, 0.6) is 5.75 Å². The van der Waals surface area contributed by atoms with Crippen LogP contribution in [-0.2, 0) is 22.4 Å². The van der Waals surface area contributed by atoms with Gasteiger partial charge in [0.1, 0.15) is 5.75 Å². The number of anilines is 1. The number of hydrogen-bond acceptors (Lipinski definition) is 3. The maximum Gasteiger partial charge on any atom is 0.416 e. The summed E-state index contributed by atoms with van der Waals surface area (Å²) >= 11 is 0. The van der Waals surface area contributed by atoms with Crippen LogP contribution in [0.25, 0.3) is 0 Å². The van der Waals surface area contributed by atoms with Crippen molar-refractivity contribution in [3.8, 4) is 5.75 Å². The normalized spacial score (nSPS) is 12.7. The van der Waals surface area contributed by atoms with E-state index in [4.69, 9.17) is 4.74 Å². The SMILES string of the molecule is COc1ccc(S(=O)(=O)Nc2cc(C(F)(F)F)cc(C(F)(F)F)c2)cc1C. The zero-order valence-corrected chi connectivity index (χ0v) is 14.7. The molecule has 0 spiro atoms. The van der Waals surface area contributed by atoms with Crippen molar-refractivity contribution >= 4 is 15.7 Å². The number of benzene rings is 2. The lowest BCUT2D eigenvalue weighted by atomic mass is 10.1. The predicted molar refractivity (Wildman–Crippen MR) is 85.0 cm³/mol. The molecule has 0 bridgehead atoms. The summed E-state index contributed by atoms with van der Waals surface area (Å²) in [6.45, 7) is 1.53. The Labute approximate surface area is 150 Å². The first-order chi connectivity index (χ1) is 12.2. The first kappa shape index (κ1) is 20.9. The van der Waals surface area contributed by atoms with Crippen LogP contribution in [0.2, 0.25) is 0 Å².